The molecule has 2 fully saturated rings. The van der Waals surface area contributed by atoms with Gasteiger partial charge in [0.1, 0.15) is 0 Å². The normalized spacial score (nSPS) is 27.4. The van der Waals surface area contributed by atoms with E-state index in [1.54, 1.807) is 0 Å². The number of hydrogen-bond acceptors (Lipinski definition) is 2. The van der Waals surface area contributed by atoms with Crippen LogP contribution in [-0.4, -0.2) is 23.8 Å². The predicted octanol–water partition coefficient (Wildman–Crippen LogP) is 2.57. The summed E-state index contributed by atoms with van der Waals surface area (Å²) in [5.74, 6) is 0.715. The third-order valence-electron chi connectivity index (χ3n) is 4.48. The summed E-state index contributed by atoms with van der Waals surface area (Å²) in [5, 5.41) is 14.0. The fourth-order valence-electron chi connectivity index (χ4n) is 3.71. The number of hydrogen-bond donors (Lipinski definition) is 2. The molecule has 0 aromatic carbocycles. The summed E-state index contributed by atoms with van der Waals surface area (Å²) < 4.78 is 0. The summed E-state index contributed by atoms with van der Waals surface area (Å²) in [5.41, 5.74) is -0.392. The van der Waals surface area contributed by atoms with Gasteiger partial charge in [-0.2, -0.15) is 13.5 Å². The number of likely N-dealkylation sites (N-methyl/N-ethyl adjacent to an activating group) is 1. The van der Waals surface area contributed by atoms with Gasteiger partial charge in [0, 0.05) is 6.04 Å². The van der Waals surface area contributed by atoms with Crippen molar-refractivity contribution in [2.24, 2.45) is 5.92 Å². The van der Waals surface area contributed by atoms with Gasteiger partial charge in [-0.15, -0.1) is 0 Å². The monoisotopic (exact) mass is 245 g/mol. The van der Waals surface area contributed by atoms with Crippen molar-refractivity contribution in [3.8, 4) is 0 Å². The van der Waals surface area contributed by atoms with Crippen LogP contribution in [-0.2, 0) is 0 Å². The Bertz CT molecular complexity index is 198. The van der Waals surface area contributed by atoms with E-state index < -0.39 is 5.60 Å². The van der Waals surface area contributed by atoms with Crippen molar-refractivity contribution in [1.29, 1.82) is 0 Å². The molecule has 0 spiro atoms. The molecule has 2 aliphatic rings. The highest BCUT2D eigenvalue weighted by molar-refractivity contribution is 7.59. The molecule has 3 heteroatoms. The largest absolute Gasteiger partial charge is 0.388 e. The second-order valence-corrected chi connectivity index (χ2v) is 5.48. The van der Waals surface area contributed by atoms with Crippen molar-refractivity contribution in [1.82, 2.24) is 5.32 Å². The van der Waals surface area contributed by atoms with Crippen molar-refractivity contribution in [3.05, 3.63) is 0 Å². The Balaban J connectivity index is 0.00000128. The molecule has 0 amide bonds. The summed E-state index contributed by atoms with van der Waals surface area (Å²) in [4.78, 5) is 0. The summed E-state index contributed by atoms with van der Waals surface area (Å²) in [6.07, 6.45) is 11.2. The quantitative estimate of drug-likeness (QED) is 0.801. The molecule has 2 nitrogen and oxygen atoms in total. The number of nitrogens with one attached hydrogen (secondary N) is 1. The highest BCUT2D eigenvalue weighted by Crippen LogP contribution is 2.39. The highest BCUT2D eigenvalue weighted by Gasteiger charge is 2.42. The van der Waals surface area contributed by atoms with Crippen molar-refractivity contribution in [2.45, 2.75) is 69.4 Å². The van der Waals surface area contributed by atoms with Crippen molar-refractivity contribution >= 4 is 13.5 Å². The van der Waals surface area contributed by atoms with Crippen LogP contribution in [0, 0.1) is 5.92 Å². The molecular formula is C13H27NOS. The van der Waals surface area contributed by atoms with E-state index in [9.17, 15) is 5.11 Å². The molecule has 16 heavy (non-hydrogen) atoms. The fraction of sp³-hybridized carbons (Fsp3) is 1.00. The van der Waals surface area contributed by atoms with E-state index in [0.717, 1.165) is 12.8 Å². The summed E-state index contributed by atoms with van der Waals surface area (Å²) in [6, 6.07) is 0.347. The maximum atomic E-state index is 10.6. The maximum Gasteiger partial charge on any atom is 0.0802 e. The second kappa shape index (κ2) is 6.27. The zero-order valence-electron chi connectivity index (χ0n) is 10.5. The van der Waals surface area contributed by atoms with Crippen molar-refractivity contribution in [3.63, 3.8) is 0 Å². The minimum absolute atomic E-state index is 0. The molecular weight excluding hydrogens is 218 g/mol. The topological polar surface area (TPSA) is 32.3 Å². The van der Waals surface area contributed by atoms with Gasteiger partial charge in [0.2, 0.25) is 0 Å². The molecule has 96 valence electrons. The molecule has 0 heterocycles. The molecule has 2 N–H and O–H groups in total. The Kier molecular flexibility index (Phi) is 5.62. The third-order valence-corrected chi connectivity index (χ3v) is 4.48. The van der Waals surface area contributed by atoms with Crippen LogP contribution in [0.1, 0.15) is 57.8 Å². The lowest BCUT2D eigenvalue weighted by molar-refractivity contribution is -0.0167. The van der Waals surface area contributed by atoms with E-state index in [1.165, 1.54) is 44.9 Å². The first-order valence-electron chi connectivity index (χ1n) is 6.66. The summed E-state index contributed by atoms with van der Waals surface area (Å²) in [6.45, 7) is 0. The first kappa shape index (κ1) is 14.3. The number of rotatable bonds is 3. The molecule has 0 radical (unpaired) electrons. The second-order valence-electron chi connectivity index (χ2n) is 5.48. The Hall–Kier alpha value is 0.270. The molecule has 0 aliphatic heterocycles. The van der Waals surface area contributed by atoms with Gasteiger partial charge in [0.05, 0.1) is 5.60 Å². The van der Waals surface area contributed by atoms with Crippen LogP contribution in [0.15, 0.2) is 0 Å². The Labute approximate surface area is 107 Å². The summed E-state index contributed by atoms with van der Waals surface area (Å²) in [7, 11) is 2.02. The lowest BCUT2D eigenvalue weighted by atomic mass is 9.76. The molecule has 1 atom stereocenters. The van der Waals surface area contributed by atoms with Crippen molar-refractivity contribution < 1.29 is 5.11 Å². The van der Waals surface area contributed by atoms with E-state index in [-0.39, 0.29) is 13.5 Å². The Morgan fingerprint density at radius 1 is 1.06 bits per heavy atom. The van der Waals surface area contributed by atoms with E-state index in [4.69, 9.17) is 0 Å². The average Bonchev–Trinajstić information content (AvgIpc) is 2.68. The van der Waals surface area contributed by atoms with Crippen LogP contribution in [0.2, 0.25) is 0 Å². The predicted molar refractivity (Wildman–Crippen MR) is 73.2 cm³/mol. The molecule has 2 aliphatic carbocycles. The zero-order valence-corrected chi connectivity index (χ0v) is 11.5. The minimum atomic E-state index is -0.392. The molecule has 0 aromatic rings. The zero-order chi connectivity index (χ0) is 10.7. The molecule has 2 saturated carbocycles. The smallest absolute Gasteiger partial charge is 0.0802 e. The van der Waals surface area contributed by atoms with E-state index in [2.05, 4.69) is 5.32 Å². The molecule has 0 unspecified atom stereocenters. The first-order valence-corrected chi connectivity index (χ1v) is 6.66. The van der Waals surface area contributed by atoms with Gasteiger partial charge < -0.3 is 10.4 Å². The van der Waals surface area contributed by atoms with Crippen LogP contribution >= 0.6 is 13.5 Å². The van der Waals surface area contributed by atoms with Gasteiger partial charge in [0.25, 0.3) is 0 Å². The fourth-order valence-corrected chi connectivity index (χ4v) is 3.71. The van der Waals surface area contributed by atoms with Gasteiger partial charge >= 0.3 is 0 Å². The maximum absolute atomic E-state index is 10.6. The number of aliphatic hydroxyl groups is 1. The van der Waals surface area contributed by atoms with E-state index in [0.29, 0.717) is 12.0 Å². The van der Waals surface area contributed by atoms with Gasteiger partial charge in [-0.05, 0) is 38.6 Å². The Morgan fingerprint density at radius 3 is 2.12 bits per heavy atom. The van der Waals surface area contributed by atoms with Crippen LogP contribution in [0.25, 0.3) is 0 Å². The lowest BCUT2D eigenvalue weighted by Gasteiger charge is -2.39. The van der Waals surface area contributed by atoms with Gasteiger partial charge in [-0.3, -0.25) is 0 Å². The molecule has 0 saturated heterocycles. The van der Waals surface area contributed by atoms with E-state index in [1.807, 2.05) is 7.05 Å². The van der Waals surface area contributed by atoms with Crippen molar-refractivity contribution in [2.75, 3.05) is 7.05 Å². The van der Waals surface area contributed by atoms with Gasteiger partial charge in [-0.25, -0.2) is 0 Å². The molecule has 2 rings (SSSR count). The molecule has 0 bridgehead atoms. The highest BCUT2D eigenvalue weighted by atomic mass is 32.1. The van der Waals surface area contributed by atoms with Crippen LogP contribution in [0.5, 0.6) is 0 Å². The van der Waals surface area contributed by atoms with Crippen LogP contribution < -0.4 is 5.32 Å². The van der Waals surface area contributed by atoms with Crippen LogP contribution in [0.3, 0.4) is 0 Å². The third kappa shape index (κ3) is 2.93. The summed E-state index contributed by atoms with van der Waals surface area (Å²) >= 11 is 0. The van der Waals surface area contributed by atoms with E-state index >= 15 is 0 Å². The lowest BCUT2D eigenvalue weighted by Crippen LogP contribution is -2.52. The minimum Gasteiger partial charge on any atom is -0.388 e. The first-order chi connectivity index (χ1) is 7.26. The van der Waals surface area contributed by atoms with Crippen LogP contribution in [0.4, 0.5) is 0 Å². The SMILES string of the molecule is CN[C@@H](C1CCCCC1)C1(O)CCCC1.S. The Morgan fingerprint density at radius 2 is 1.62 bits per heavy atom. The average molecular weight is 245 g/mol. The standard InChI is InChI=1S/C13H25NO.H2S/c1-14-12(11-7-3-2-4-8-11)13(15)9-5-6-10-13;/h11-12,14-15H,2-10H2,1H3;1H2/t12-;/m0./s1. The van der Waals surface area contributed by atoms with Gasteiger partial charge in [0.15, 0.2) is 0 Å². The van der Waals surface area contributed by atoms with Gasteiger partial charge in [-0.1, -0.05) is 32.1 Å². The molecule has 0 aromatic heterocycles.